The molecule has 0 unspecified atom stereocenters. The van der Waals surface area contributed by atoms with E-state index in [0.717, 1.165) is 32.0 Å². The number of ether oxygens (including phenoxy) is 1. The highest BCUT2D eigenvalue weighted by atomic mass is 32.1. The molecule has 0 bridgehead atoms. The molecule has 232 valence electrons. The van der Waals surface area contributed by atoms with E-state index in [0.29, 0.717) is 11.5 Å². The Hall–Kier alpha value is -2.12. The molecule has 2 aromatic rings. The van der Waals surface area contributed by atoms with Crippen molar-refractivity contribution in [2.24, 2.45) is 0 Å². The predicted molar refractivity (Wildman–Crippen MR) is 178 cm³/mol. The Morgan fingerprint density at radius 3 is 1.20 bits per heavy atom. The molecule has 0 radical (unpaired) electrons. The van der Waals surface area contributed by atoms with Crippen molar-refractivity contribution in [3.05, 3.63) is 46.5 Å². The molecule has 0 heterocycles. The largest absolute Gasteiger partial charge is 0.507 e. The zero-order valence-corrected chi connectivity index (χ0v) is 29.5. The lowest BCUT2D eigenvalue weighted by Gasteiger charge is -2.29. The maximum atomic E-state index is 12.1. The zero-order valence-electron chi connectivity index (χ0n) is 27.7. The summed E-state index contributed by atoms with van der Waals surface area (Å²) in [5.41, 5.74) is 3.10. The van der Waals surface area contributed by atoms with E-state index in [1.807, 2.05) is 79.7 Å². The number of benzene rings is 2. The molecule has 0 saturated heterocycles. The van der Waals surface area contributed by atoms with Crippen molar-refractivity contribution >= 4 is 37.2 Å². The second kappa shape index (κ2) is 14.9. The smallest absolute Gasteiger partial charge is 0.311 e. The van der Waals surface area contributed by atoms with Crippen molar-refractivity contribution in [2.45, 2.75) is 141 Å². The van der Waals surface area contributed by atoms with Crippen LogP contribution in [0, 0.1) is 0 Å². The topological polar surface area (TPSA) is 83.8 Å². The van der Waals surface area contributed by atoms with E-state index in [2.05, 4.69) is 66.8 Å². The van der Waals surface area contributed by atoms with Gasteiger partial charge in [0, 0.05) is 32.0 Å². The van der Waals surface area contributed by atoms with Crippen molar-refractivity contribution in [2.75, 3.05) is 0 Å². The molecule has 0 spiro atoms. The van der Waals surface area contributed by atoms with Gasteiger partial charge in [-0.15, -0.1) is 25.3 Å². The molecule has 0 saturated carbocycles. The van der Waals surface area contributed by atoms with Gasteiger partial charge in [-0.1, -0.05) is 96.9 Å². The number of hydrogen-bond donors (Lipinski definition) is 4. The minimum atomic E-state index is -1.01. The number of carbonyl (C=O) groups excluding carboxylic acids is 1. The molecule has 2 N–H and O–H groups in total. The van der Waals surface area contributed by atoms with Crippen molar-refractivity contribution in [3.8, 4) is 11.5 Å². The van der Waals surface area contributed by atoms with Crippen LogP contribution in [0.25, 0.3) is 0 Å². The number of thiol groups is 2. The summed E-state index contributed by atoms with van der Waals surface area (Å²) in [5.74, 6) is -0.606. The Bertz CT molecular complexity index is 1120. The number of carbonyl (C=O) groups is 2. The Balaban J connectivity index is 0.000000777. The van der Waals surface area contributed by atoms with E-state index in [1.54, 1.807) is 0 Å². The zero-order chi connectivity index (χ0) is 32.7. The number of esters is 1. The molecule has 2 rings (SSSR count). The Kier molecular flexibility index (Phi) is 14.1. The van der Waals surface area contributed by atoms with Gasteiger partial charge in [-0.2, -0.15) is 0 Å². The molecule has 0 aliphatic carbocycles. The maximum absolute atomic E-state index is 12.1. The molecular weight excluding hydrogens is 553 g/mol. The Morgan fingerprint density at radius 1 is 0.634 bits per heavy atom. The fourth-order valence-electron chi connectivity index (χ4n) is 3.97. The van der Waals surface area contributed by atoms with E-state index in [9.17, 15) is 14.7 Å². The first-order valence-electron chi connectivity index (χ1n) is 14.2. The Labute approximate surface area is 260 Å². The van der Waals surface area contributed by atoms with Gasteiger partial charge in [0.05, 0.1) is 12.8 Å². The number of aliphatic carboxylic acids is 1. The first-order valence-corrected chi connectivity index (χ1v) is 15.1. The molecular formula is C34H54O5S2. The molecule has 2 aromatic carbocycles. The normalized spacial score (nSPS) is 12.0. The number of hydrogen-bond acceptors (Lipinski definition) is 6. The molecule has 5 nitrogen and oxygen atoms in total. The number of phenolic OH excluding ortho intramolecular Hbond substituents is 1. The summed E-state index contributed by atoms with van der Waals surface area (Å²) in [5, 5.41) is 19.1. The molecule has 41 heavy (non-hydrogen) atoms. The van der Waals surface area contributed by atoms with Crippen molar-refractivity contribution < 1.29 is 24.5 Å². The second-order valence-electron chi connectivity index (χ2n) is 14.1. The van der Waals surface area contributed by atoms with Crippen LogP contribution in [0.1, 0.15) is 132 Å². The van der Waals surface area contributed by atoms with E-state index in [4.69, 9.17) is 9.84 Å². The average molecular weight is 607 g/mol. The molecule has 0 fully saturated rings. The van der Waals surface area contributed by atoms with Crippen LogP contribution in [0.5, 0.6) is 11.5 Å². The van der Waals surface area contributed by atoms with E-state index >= 15 is 0 Å². The predicted octanol–water partition coefficient (Wildman–Crippen LogP) is 9.64. The highest BCUT2D eigenvalue weighted by Crippen LogP contribution is 2.42. The average Bonchev–Trinajstić information content (AvgIpc) is 2.79. The van der Waals surface area contributed by atoms with Gasteiger partial charge in [-0.3, -0.25) is 9.59 Å². The number of phenols is 1. The monoisotopic (exact) mass is 606 g/mol. The van der Waals surface area contributed by atoms with Crippen molar-refractivity contribution in [1.29, 1.82) is 0 Å². The van der Waals surface area contributed by atoms with Crippen LogP contribution in [0.4, 0.5) is 0 Å². The Morgan fingerprint density at radius 2 is 0.927 bits per heavy atom. The van der Waals surface area contributed by atoms with Crippen LogP contribution in [0.15, 0.2) is 34.1 Å². The number of carboxylic acids is 1. The highest BCUT2D eigenvalue weighted by molar-refractivity contribution is 7.80. The first-order chi connectivity index (χ1) is 18.4. The van der Waals surface area contributed by atoms with Gasteiger partial charge in [0.1, 0.15) is 11.5 Å². The van der Waals surface area contributed by atoms with Gasteiger partial charge < -0.3 is 14.9 Å². The van der Waals surface area contributed by atoms with E-state index < -0.39 is 11.9 Å². The third kappa shape index (κ3) is 12.3. The summed E-state index contributed by atoms with van der Waals surface area (Å²) >= 11 is 8.90. The lowest BCUT2D eigenvalue weighted by molar-refractivity contribution is -0.142. The van der Waals surface area contributed by atoms with Gasteiger partial charge in [0.15, 0.2) is 0 Å². The number of aromatic hydroxyl groups is 1. The summed E-state index contributed by atoms with van der Waals surface area (Å²) < 4.78 is 5.60. The number of rotatable bonds is 4. The number of carboxylic acid groups (broad SMARTS) is 1. The van der Waals surface area contributed by atoms with Crippen LogP contribution in [0.3, 0.4) is 0 Å². The SMILES string of the molecule is CC.CC(C)(C)c1cc(S)cc(C(C)(C)C)c1O.CC(C)(C)c1cc(S)cc(C(C)(C)C)c1OC(=O)CCC(=O)O. The lowest BCUT2D eigenvalue weighted by Crippen LogP contribution is -2.22. The van der Waals surface area contributed by atoms with Crippen LogP contribution in [-0.2, 0) is 31.2 Å². The summed E-state index contributed by atoms with van der Waals surface area (Å²) in [6.45, 7) is 28.8. The van der Waals surface area contributed by atoms with E-state index in [-0.39, 0.29) is 34.5 Å². The quantitative estimate of drug-likeness (QED) is 0.158. The summed E-state index contributed by atoms with van der Waals surface area (Å²) in [7, 11) is 0. The van der Waals surface area contributed by atoms with Crippen molar-refractivity contribution in [3.63, 3.8) is 0 Å². The standard InChI is InChI=1S/C18H26O4S.C14H22OS.C2H6/c1-17(2,3)12-9-11(23)10-13(18(4,5)6)16(12)22-15(21)8-7-14(19)20;1-13(2,3)10-7-9(16)8-11(12(10)15)14(4,5)6;1-2/h9-10,23H,7-8H2,1-6H3,(H,19,20);7-8,15-16H,1-6H3;1-2H3. The van der Waals surface area contributed by atoms with E-state index in [1.165, 1.54) is 0 Å². The van der Waals surface area contributed by atoms with Gasteiger partial charge >= 0.3 is 11.9 Å². The molecule has 0 amide bonds. The fourth-order valence-corrected chi connectivity index (χ4v) is 4.49. The minimum Gasteiger partial charge on any atom is -0.507 e. The van der Waals surface area contributed by atoms with Crippen LogP contribution < -0.4 is 4.74 Å². The summed E-state index contributed by atoms with van der Waals surface area (Å²) in [4.78, 5) is 24.4. The van der Waals surface area contributed by atoms with Gasteiger partial charge in [-0.25, -0.2) is 0 Å². The van der Waals surface area contributed by atoms with Crippen molar-refractivity contribution in [1.82, 2.24) is 0 Å². The fraction of sp³-hybridized carbons (Fsp3) is 0.588. The maximum Gasteiger partial charge on any atom is 0.311 e. The minimum absolute atomic E-state index is 0.0666. The third-order valence-corrected chi connectivity index (χ3v) is 6.68. The van der Waals surface area contributed by atoms with Gasteiger partial charge in [0.2, 0.25) is 0 Å². The van der Waals surface area contributed by atoms with Gasteiger partial charge in [0.25, 0.3) is 0 Å². The second-order valence-corrected chi connectivity index (χ2v) is 15.2. The third-order valence-electron chi connectivity index (χ3n) is 6.16. The molecule has 0 atom stereocenters. The molecule has 0 aromatic heterocycles. The van der Waals surface area contributed by atoms with Gasteiger partial charge in [-0.05, 0) is 45.9 Å². The first kappa shape index (κ1) is 38.9. The highest BCUT2D eigenvalue weighted by Gasteiger charge is 2.29. The van der Waals surface area contributed by atoms with Crippen LogP contribution in [-0.4, -0.2) is 22.2 Å². The van der Waals surface area contributed by atoms with Crippen LogP contribution in [0.2, 0.25) is 0 Å². The summed E-state index contributed by atoms with van der Waals surface area (Å²) in [6, 6.07) is 7.71. The lowest BCUT2D eigenvalue weighted by atomic mass is 9.79. The molecule has 0 aliphatic rings. The molecule has 7 heteroatoms. The molecule has 0 aliphatic heterocycles. The van der Waals surface area contributed by atoms with Crippen LogP contribution >= 0.6 is 25.3 Å². The summed E-state index contributed by atoms with van der Waals surface area (Å²) in [6.07, 6.45) is -0.385.